The Balaban J connectivity index is 2.42. The largest absolute Gasteiger partial charge is 0.493 e. The zero-order chi connectivity index (χ0) is 21.1. The molecule has 0 amide bonds. The summed E-state index contributed by atoms with van der Waals surface area (Å²) in [6.45, 7) is 7.80. The monoisotopic (exact) mass is 395 g/mol. The van der Waals surface area contributed by atoms with Crippen molar-refractivity contribution in [1.29, 1.82) is 0 Å². The number of carbonyl (C=O) groups is 1. The van der Waals surface area contributed by atoms with Gasteiger partial charge in [-0.3, -0.25) is 0 Å². The van der Waals surface area contributed by atoms with Crippen LogP contribution in [-0.4, -0.2) is 26.2 Å². The maximum atomic E-state index is 12.1. The third-order valence-corrected chi connectivity index (χ3v) is 4.64. The van der Waals surface area contributed by atoms with E-state index >= 15 is 0 Å². The number of carbonyl (C=O) groups excluding carboxylic acids is 1. The standard InChI is InChI=1S/C25H33NO3/c1-5-8-14-29-24-17-19(15-21(6-2)25(27)28-7-3)12-13-23(24)22-11-9-10-20(16-22)18-26-4/h9-13,15-17,26H,5-8,14,18H2,1-4H3/b21-15+. The van der Waals surface area contributed by atoms with Crippen LogP contribution in [0.15, 0.2) is 48.0 Å². The zero-order valence-corrected chi connectivity index (χ0v) is 18.1. The van der Waals surface area contributed by atoms with Gasteiger partial charge >= 0.3 is 5.97 Å². The highest BCUT2D eigenvalue weighted by atomic mass is 16.5. The second-order valence-corrected chi connectivity index (χ2v) is 6.93. The van der Waals surface area contributed by atoms with Crippen LogP contribution >= 0.6 is 0 Å². The fraction of sp³-hybridized carbons (Fsp3) is 0.400. The van der Waals surface area contributed by atoms with Gasteiger partial charge in [-0.15, -0.1) is 0 Å². The highest BCUT2D eigenvalue weighted by molar-refractivity contribution is 5.93. The molecule has 0 aromatic heterocycles. The summed E-state index contributed by atoms with van der Waals surface area (Å²) in [5.41, 5.74) is 5.02. The Bertz CT molecular complexity index is 827. The first kappa shape index (κ1) is 22.7. The van der Waals surface area contributed by atoms with Crippen molar-refractivity contribution in [2.24, 2.45) is 0 Å². The lowest BCUT2D eigenvalue weighted by molar-refractivity contribution is -0.138. The Kier molecular flexibility index (Phi) is 9.45. The minimum absolute atomic E-state index is 0.257. The van der Waals surface area contributed by atoms with Crippen molar-refractivity contribution in [1.82, 2.24) is 5.32 Å². The van der Waals surface area contributed by atoms with Crippen LogP contribution in [0.5, 0.6) is 5.75 Å². The van der Waals surface area contributed by atoms with E-state index in [1.54, 1.807) is 0 Å². The first-order chi connectivity index (χ1) is 14.1. The average molecular weight is 396 g/mol. The van der Waals surface area contributed by atoms with E-state index in [0.717, 1.165) is 41.8 Å². The Morgan fingerprint density at radius 2 is 1.93 bits per heavy atom. The van der Waals surface area contributed by atoms with E-state index in [4.69, 9.17) is 9.47 Å². The summed E-state index contributed by atoms with van der Waals surface area (Å²) in [5, 5.41) is 3.19. The molecule has 2 aromatic carbocycles. The maximum absolute atomic E-state index is 12.1. The highest BCUT2D eigenvalue weighted by Crippen LogP contribution is 2.32. The molecule has 0 aliphatic carbocycles. The van der Waals surface area contributed by atoms with Crippen molar-refractivity contribution in [3.05, 3.63) is 59.2 Å². The fourth-order valence-corrected chi connectivity index (χ4v) is 3.10. The van der Waals surface area contributed by atoms with Gasteiger partial charge in [0.05, 0.1) is 13.2 Å². The number of unbranched alkanes of at least 4 members (excludes halogenated alkanes) is 1. The van der Waals surface area contributed by atoms with Crippen molar-refractivity contribution >= 4 is 12.0 Å². The van der Waals surface area contributed by atoms with Crippen LogP contribution < -0.4 is 10.1 Å². The Morgan fingerprint density at radius 3 is 2.62 bits per heavy atom. The number of esters is 1. The van der Waals surface area contributed by atoms with Gasteiger partial charge in [0.15, 0.2) is 0 Å². The van der Waals surface area contributed by atoms with Gasteiger partial charge in [0.25, 0.3) is 0 Å². The molecule has 2 aromatic rings. The zero-order valence-electron chi connectivity index (χ0n) is 18.1. The second-order valence-electron chi connectivity index (χ2n) is 6.93. The van der Waals surface area contributed by atoms with Crippen molar-refractivity contribution in [2.45, 2.75) is 46.6 Å². The summed E-state index contributed by atoms with van der Waals surface area (Å²) in [4.78, 5) is 12.1. The summed E-state index contributed by atoms with van der Waals surface area (Å²) < 4.78 is 11.3. The third kappa shape index (κ3) is 6.75. The molecule has 29 heavy (non-hydrogen) atoms. The maximum Gasteiger partial charge on any atom is 0.333 e. The highest BCUT2D eigenvalue weighted by Gasteiger charge is 2.11. The molecule has 0 fully saturated rings. The predicted octanol–water partition coefficient (Wildman–Crippen LogP) is 5.61. The molecule has 4 nitrogen and oxygen atoms in total. The van der Waals surface area contributed by atoms with Gasteiger partial charge in [0, 0.05) is 17.7 Å². The molecule has 2 rings (SSSR count). The molecular weight excluding hydrogens is 362 g/mol. The number of hydrogen-bond donors (Lipinski definition) is 1. The van der Waals surface area contributed by atoms with E-state index in [1.807, 2.05) is 39.1 Å². The van der Waals surface area contributed by atoms with Crippen molar-refractivity contribution in [3.8, 4) is 16.9 Å². The SMILES string of the molecule is CCCCOc1cc(/C=C(\CC)C(=O)OCC)ccc1-c1cccc(CNC)c1. The summed E-state index contributed by atoms with van der Waals surface area (Å²) in [6, 6.07) is 14.6. The molecule has 4 heteroatoms. The van der Waals surface area contributed by atoms with Gasteiger partial charge in [0.2, 0.25) is 0 Å². The average Bonchev–Trinajstić information content (AvgIpc) is 2.73. The van der Waals surface area contributed by atoms with Gasteiger partial charge in [-0.05, 0) is 61.7 Å². The van der Waals surface area contributed by atoms with E-state index in [-0.39, 0.29) is 5.97 Å². The normalized spacial score (nSPS) is 11.4. The fourth-order valence-electron chi connectivity index (χ4n) is 3.10. The van der Waals surface area contributed by atoms with Gasteiger partial charge in [-0.1, -0.05) is 50.6 Å². The van der Waals surface area contributed by atoms with E-state index in [0.29, 0.717) is 25.2 Å². The topological polar surface area (TPSA) is 47.6 Å². The number of ether oxygens (including phenoxy) is 2. The van der Waals surface area contributed by atoms with Crippen molar-refractivity contribution in [3.63, 3.8) is 0 Å². The minimum Gasteiger partial charge on any atom is -0.493 e. The van der Waals surface area contributed by atoms with Gasteiger partial charge in [-0.2, -0.15) is 0 Å². The summed E-state index contributed by atoms with van der Waals surface area (Å²) >= 11 is 0. The molecule has 0 bridgehead atoms. The lowest BCUT2D eigenvalue weighted by Gasteiger charge is -2.14. The van der Waals surface area contributed by atoms with E-state index in [2.05, 4.69) is 42.6 Å². The molecule has 0 saturated carbocycles. The lowest BCUT2D eigenvalue weighted by Crippen LogP contribution is -2.07. The molecule has 0 atom stereocenters. The van der Waals surface area contributed by atoms with E-state index < -0.39 is 0 Å². The molecule has 0 heterocycles. The van der Waals surface area contributed by atoms with Gasteiger partial charge < -0.3 is 14.8 Å². The Labute approximate surface area is 174 Å². The first-order valence-corrected chi connectivity index (χ1v) is 10.5. The molecule has 0 spiro atoms. The first-order valence-electron chi connectivity index (χ1n) is 10.5. The Morgan fingerprint density at radius 1 is 1.10 bits per heavy atom. The Hall–Kier alpha value is -2.59. The molecule has 1 N–H and O–H groups in total. The molecular formula is C25H33NO3. The lowest BCUT2D eigenvalue weighted by atomic mass is 9.99. The molecule has 0 aliphatic heterocycles. The number of benzene rings is 2. The molecule has 0 unspecified atom stereocenters. The van der Waals surface area contributed by atoms with Crippen molar-refractivity contribution < 1.29 is 14.3 Å². The summed E-state index contributed by atoms with van der Waals surface area (Å²) in [5.74, 6) is 0.584. The number of nitrogens with one attached hydrogen (secondary N) is 1. The third-order valence-electron chi connectivity index (χ3n) is 4.64. The number of hydrogen-bond acceptors (Lipinski definition) is 4. The van der Waals surface area contributed by atoms with Gasteiger partial charge in [-0.25, -0.2) is 4.79 Å². The van der Waals surface area contributed by atoms with Crippen LogP contribution in [0.3, 0.4) is 0 Å². The molecule has 0 saturated heterocycles. The van der Waals surface area contributed by atoms with Gasteiger partial charge in [0.1, 0.15) is 5.75 Å². The second kappa shape index (κ2) is 12.1. The van der Waals surface area contributed by atoms with Crippen LogP contribution in [0.25, 0.3) is 17.2 Å². The smallest absolute Gasteiger partial charge is 0.333 e. The van der Waals surface area contributed by atoms with E-state index in [9.17, 15) is 4.79 Å². The summed E-state index contributed by atoms with van der Waals surface area (Å²) in [6.07, 6.45) is 4.60. The van der Waals surface area contributed by atoms with Crippen LogP contribution in [0.4, 0.5) is 0 Å². The van der Waals surface area contributed by atoms with Crippen LogP contribution in [0.2, 0.25) is 0 Å². The minimum atomic E-state index is -0.257. The van der Waals surface area contributed by atoms with E-state index in [1.165, 1.54) is 5.56 Å². The van der Waals surface area contributed by atoms with Crippen LogP contribution in [0, 0.1) is 0 Å². The molecule has 156 valence electrons. The molecule has 0 aliphatic rings. The van der Waals surface area contributed by atoms with Crippen molar-refractivity contribution in [2.75, 3.05) is 20.3 Å². The number of rotatable bonds is 11. The predicted molar refractivity (Wildman–Crippen MR) is 120 cm³/mol. The van der Waals surface area contributed by atoms with Crippen LogP contribution in [0.1, 0.15) is 51.2 Å². The quantitative estimate of drug-likeness (QED) is 0.305. The van der Waals surface area contributed by atoms with Crippen LogP contribution in [-0.2, 0) is 16.1 Å². The molecule has 0 radical (unpaired) electrons. The summed E-state index contributed by atoms with van der Waals surface area (Å²) in [7, 11) is 1.95.